The van der Waals surface area contributed by atoms with Gasteiger partial charge in [-0.25, -0.2) is 0 Å². The van der Waals surface area contributed by atoms with Crippen molar-refractivity contribution in [2.24, 2.45) is 11.1 Å². The molecule has 1 fully saturated rings. The molecule has 1 rings (SSSR count). The van der Waals surface area contributed by atoms with Crippen LogP contribution < -0.4 is 11.1 Å². The molecule has 1 aliphatic rings. The van der Waals surface area contributed by atoms with Gasteiger partial charge in [0.25, 0.3) is 0 Å². The predicted molar refractivity (Wildman–Crippen MR) is 50.2 cm³/mol. The molecule has 0 aromatic heterocycles. The zero-order chi connectivity index (χ0) is 10.1. The van der Waals surface area contributed by atoms with Gasteiger partial charge in [-0.3, -0.25) is 4.79 Å². The van der Waals surface area contributed by atoms with Crippen molar-refractivity contribution in [3.05, 3.63) is 0 Å². The second kappa shape index (κ2) is 3.64. The number of carbonyl (C=O) groups excluding carboxylic acids is 1. The Labute approximate surface area is 78.8 Å². The smallest absolute Gasteiger partial charge is 0.233 e. The molecule has 0 heterocycles. The van der Waals surface area contributed by atoms with E-state index in [9.17, 15) is 4.79 Å². The Balaban J connectivity index is 2.44. The van der Waals surface area contributed by atoms with Gasteiger partial charge in [0.2, 0.25) is 5.91 Å². The number of nitrogens with one attached hydrogen (secondary N) is 1. The standard InChI is InChI=1S/C9H18N2O2/c1-9(2)6(4-7(9)13-3)11-8(12)5-10/h6-7H,4-5,10H2,1-3H3,(H,11,12). The van der Waals surface area contributed by atoms with Crippen LogP contribution >= 0.6 is 0 Å². The molecule has 3 N–H and O–H groups in total. The van der Waals surface area contributed by atoms with E-state index in [0.29, 0.717) is 0 Å². The second-order valence-electron chi connectivity index (χ2n) is 4.11. The van der Waals surface area contributed by atoms with Crippen molar-refractivity contribution in [3.8, 4) is 0 Å². The van der Waals surface area contributed by atoms with Crippen LogP contribution in [0.15, 0.2) is 0 Å². The van der Waals surface area contributed by atoms with Crippen molar-refractivity contribution in [1.29, 1.82) is 0 Å². The quantitative estimate of drug-likeness (QED) is 0.645. The van der Waals surface area contributed by atoms with E-state index in [2.05, 4.69) is 19.2 Å². The summed E-state index contributed by atoms with van der Waals surface area (Å²) in [6.07, 6.45) is 1.13. The molecule has 76 valence electrons. The molecule has 0 aromatic rings. The molecule has 2 atom stereocenters. The first-order chi connectivity index (χ1) is 6.02. The maximum Gasteiger partial charge on any atom is 0.233 e. The summed E-state index contributed by atoms with van der Waals surface area (Å²) < 4.78 is 5.26. The van der Waals surface area contributed by atoms with Crippen molar-refractivity contribution in [3.63, 3.8) is 0 Å². The molecule has 0 aromatic carbocycles. The first-order valence-electron chi connectivity index (χ1n) is 4.54. The van der Waals surface area contributed by atoms with Crippen LogP contribution in [0.2, 0.25) is 0 Å². The predicted octanol–water partition coefficient (Wildman–Crippen LogP) is -0.125. The molecule has 13 heavy (non-hydrogen) atoms. The Morgan fingerprint density at radius 2 is 2.31 bits per heavy atom. The van der Waals surface area contributed by atoms with E-state index in [-0.39, 0.29) is 30.0 Å². The lowest BCUT2D eigenvalue weighted by molar-refractivity contribution is -0.131. The van der Waals surface area contributed by atoms with E-state index in [1.807, 2.05) is 0 Å². The number of hydrogen-bond acceptors (Lipinski definition) is 3. The van der Waals surface area contributed by atoms with Gasteiger partial charge in [-0.05, 0) is 6.42 Å². The zero-order valence-electron chi connectivity index (χ0n) is 8.46. The van der Waals surface area contributed by atoms with E-state index in [4.69, 9.17) is 10.5 Å². The van der Waals surface area contributed by atoms with Gasteiger partial charge in [0, 0.05) is 18.6 Å². The van der Waals surface area contributed by atoms with E-state index < -0.39 is 0 Å². The largest absolute Gasteiger partial charge is 0.381 e. The molecule has 1 aliphatic carbocycles. The highest BCUT2D eigenvalue weighted by atomic mass is 16.5. The topological polar surface area (TPSA) is 64.3 Å². The van der Waals surface area contributed by atoms with Gasteiger partial charge in [0.1, 0.15) is 0 Å². The van der Waals surface area contributed by atoms with E-state index >= 15 is 0 Å². The number of amides is 1. The highest BCUT2D eigenvalue weighted by Crippen LogP contribution is 2.42. The van der Waals surface area contributed by atoms with Crippen LogP contribution in [-0.2, 0) is 9.53 Å². The van der Waals surface area contributed by atoms with Gasteiger partial charge in [-0.1, -0.05) is 13.8 Å². The molecular formula is C9H18N2O2. The Morgan fingerprint density at radius 1 is 1.69 bits per heavy atom. The minimum absolute atomic E-state index is 0.0274. The third-order valence-corrected chi connectivity index (χ3v) is 2.98. The third-order valence-electron chi connectivity index (χ3n) is 2.98. The Kier molecular flexibility index (Phi) is 2.93. The highest BCUT2D eigenvalue weighted by Gasteiger charge is 2.48. The first-order valence-corrected chi connectivity index (χ1v) is 4.54. The van der Waals surface area contributed by atoms with E-state index in [1.165, 1.54) is 0 Å². The van der Waals surface area contributed by atoms with Gasteiger partial charge < -0.3 is 15.8 Å². The number of ether oxygens (including phenoxy) is 1. The lowest BCUT2D eigenvalue weighted by Crippen LogP contribution is -2.62. The molecule has 0 aliphatic heterocycles. The highest BCUT2D eigenvalue weighted by molar-refractivity contribution is 5.78. The molecule has 1 saturated carbocycles. The van der Waals surface area contributed by atoms with Crippen LogP contribution in [0.4, 0.5) is 0 Å². The normalized spacial score (nSPS) is 30.8. The van der Waals surface area contributed by atoms with E-state index in [0.717, 1.165) is 6.42 Å². The van der Waals surface area contributed by atoms with Crippen LogP contribution in [-0.4, -0.2) is 31.7 Å². The minimum atomic E-state index is -0.0902. The third kappa shape index (κ3) is 1.84. The molecule has 0 bridgehead atoms. The fourth-order valence-corrected chi connectivity index (χ4v) is 1.78. The summed E-state index contributed by atoms with van der Waals surface area (Å²) in [6.45, 7) is 4.24. The average Bonchev–Trinajstić information content (AvgIpc) is 2.10. The molecule has 4 nitrogen and oxygen atoms in total. The van der Waals surface area contributed by atoms with Gasteiger partial charge in [-0.2, -0.15) is 0 Å². The fraction of sp³-hybridized carbons (Fsp3) is 0.889. The van der Waals surface area contributed by atoms with Crippen molar-refractivity contribution in [2.45, 2.75) is 32.4 Å². The van der Waals surface area contributed by atoms with Gasteiger partial charge in [-0.15, -0.1) is 0 Å². The number of carbonyl (C=O) groups is 1. The number of methoxy groups -OCH3 is 1. The molecule has 4 heteroatoms. The summed E-state index contributed by atoms with van der Waals surface area (Å²) in [6, 6.07) is 0.202. The Morgan fingerprint density at radius 3 is 2.69 bits per heavy atom. The van der Waals surface area contributed by atoms with Crippen LogP contribution in [0.5, 0.6) is 0 Å². The van der Waals surface area contributed by atoms with Gasteiger partial charge >= 0.3 is 0 Å². The monoisotopic (exact) mass is 186 g/mol. The van der Waals surface area contributed by atoms with Crippen molar-refractivity contribution >= 4 is 5.91 Å². The maximum absolute atomic E-state index is 11.0. The van der Waals surface area contributed by atoms with Crippen molar-refractivity contribution in [2.75, 3.05) is 13.7 Å². The van der Waals surface area contributed by atoms with Crippen LogP contribution in [0.1, 0.15) is 20.3 Å². The fourth-order valence-electron chi connectivity index (χ4n) is 1.78. The maximum atomic E-state index is 11.0. The van der Waals surface area contributed by atoms with E-state index in [1.54, 1.807) is 7.11 Å². The molecule has 0 radical (unpaired) electrons. The molecule has 2 unspecified atom stereocenters. The molecular weight excluding hydrogens is 168 g/mol. The van der Waals surface area contributed by atoms with Crippen molar-refractivity contribution in [1.82, 2.24) is 5.32 Å². The van der Waals surface area contributed by atoms with Gasteiger partial charge in [0.05, 0.1) is 12.6 Å². The van der Waals surface area contributed by atoms with Crippen LogP contribution in [0, 0.1) is 5.41 Å². The van der Waals surface area contributed by atoms with Crippen LogP contribution in [0.3, 0.4) is 0 Å². The molecule has 0 saturated heterocycles. The Hall–Kier alpha value is -0.610. The first kappa shape index (κ1) is 10.5. The lowest BCUT2D eigenvalue weighted by atomic mass is 9.64. The summed E-state index contributed by atoms with van der Waals surface area (Å²) in [5, 5.41) is 2.88. The number of hydrogen-bond donors (Lipinski definition) is 2. The molecule has 1 amide bonds. The summed E-state index contributed by atoms with van der Waals surface area (Å²) in [7, 11) is 1.70. The van der Waals surface area contributed by atoms with Crippen LogP contribution in [0.25, 0.3) is 0 Å². The summed E-state index contributed by atoms with van der Waals surface area (Å²) in [5.41, 5.74) is 5.24. The second-order valence-corrected chi connectivity index (χ2v) is 4.11. The van der Waals surface area contributed by atoms with Crippen molar-refractivity contribution < 1.29 is 9.53 Å². The summed E-state index contributed by atoms with van der Waals surface area (Å²) in [4.78, 5) is 11.0. The molecule has 0 spiro atoms. The summed E-state index contributed by atoms with van der Waals surface area (Å²) >= 11 is 0. The van der Waals surface area contributed by atoms with Gasteiger partial charge in [0.15, 0.2) is 0 Å². The Bertz CT molecular complexity index is 204. The lowest BCUT2D eigenvalue weighted by Gasteiger charge is -2.51. The zero-order valence-corrected chi connectivity index (χ0v) is 8.46. The number of rotatable bonds is 3. The summed E-state index contributed by atoms with van der Waals surface area (Å²) in [5.74, 6) is -0.0902. The average molecular weight is 186 g/mol. The number of nitrogens with two attached hydrogens (primary N) is 1. The SMILES string of the molecule is COC1CC(NC(=O)CN)C1(C)C. The minimum Gasteiger partial charge on any atom is -0.381 e.